The molecule has 0 radical (unpaired) electrons. The van der Waals surface area contributed by atoms with Gasteiger partial charge in [0.2, 0.25) is 5.91 Å². The van der Waals surface area contributed by atoms with E-state index in [1.807, 2.05) is 4.90 Å². The van der Waals surface area contributed by atoms with Crippen molar-refractivity contribution in [2.45, 2.75) is 56.3 Å². The number of nitrogens with zero attached hydrogens (tertiary/aromatic N) is 1. The van der Waals surface area contributed by atoms with Gasteiger partial charge >= 0.3 is 0 Å². The van der Waals surface area contributed by atoms with Crippen LogP contribution in [0.2, 0.25) is 0 Å². The molecule has 1 N–H and O–H groups in total. The fraction of sp³-hybridized carbons (Fsp3) is 0.562. The number of carbonyl (C=O) groups is 1. The lowest BCUT2D eigenvalue weighted by molar-refractivity contribution is -0.133. The summed E-state index contributed by atoms with van der Waals surface area (Å²) in [6.07, 6.45) is 5.35. The molecule has 1 aromatic carbocycles. The van der Waals surface area contributed by atoms with Gasteiger partial charge in [-0.05, 0) is 37.8 Å². The molecule has 0 aromatic heterocycles. The summed E-state index contributed by atoms with van der Waals surface area (Å²) in [7, 11) is 0. The average Bonchev–Trinajstić information content (AvgIpc) is 2.91. The Bertz CT molecular complexity index is 594. The quantitative estimate of drug-likeness (QED) is 0.909. The first-order valence-corrected chi connectivity index (χ1v) is 7.66. The van der Waals surface area contributed by atoms with Crippen LogP contribution in [0.25, 0.3) is 0 Å². The molecule has 0 bridgehead atoms. The summed E-state index contributed by atoms with van der Waals surface area (Å²) in [5, 5.41) is 3.31. The SMILES string of the molecule is O=C1N(C2CCCC2)C(c2ccc(F)cc2F)NC12CC2. The Balaban J connectivity index is 1.72. The molecular weight excluding hydrogens is 274 g/mol. The van der Waals surface area contributed by atoms with Crippen molar-refractivity contribution in [3.63, 3.8) is 0 Å². The molecule has 1 aromatic rings. The molecule has 1 saturated heterocycles. The summed E-state index contributed by atoms with van der Waals surface area (Å²) >= 11 is 0. The van der Waals surface area contributed by atoms with Crippen LogP contribution >= 0.6 is 0 Å². The second kappa shape index (κ2) is 4.50. The van der Waals surface area contributed by atoms with E-state index in [-0.39, 0.29) is 11.9 Å². The van der Waals surface area contributed by atoms with Gasteiger partial charge in [-0.2, -0.15) is 0 Å². The fourth-order valence-electron chi connectivity index (χ4n) is 3.75. The molecule has 1 atom stereocenters. The highest BCUT2D eigenvalue weighted by Gasteiger charge is 2.60. The van der Waals surface area contributed by atoms with Crippen LogP contribution in [-0.2, 0) is 4.79 Å². The number of halogens is 2. The summed E-state index contributed by atoms with van der Waals surface area (Å²) in [5.41, 5.74) is -0.103. The number of amides is 1. The number of carbonyl (C=O) groups excluding carboxylic acids is 1. The second-order valence-electron chi connectivity index (χ2n) is 6.45. The minimum absolute atomic E-state index is 0.100. The standard InChI is InChI=1S/C16H18F2N2O/c17-10-5-6-12(13(18)9-10)14-19-16(7-8-16)15(21)20(14)11-3-1-2-4-11/h5-6,9,11,14,19H,1-4,7-8H2. The van der Waals surface area contributed by atoms with E-state index in [1.165, 1.54) is 12.1 Å². The second-order valence-corrected chi connectivity index (χ2v) is 6.45. The van der Waals surface area contributed by atoms with Crippen LogP contribution < -0.4 is 5.32 Å². The minimum atomic E-state index is -0.589. The number of hydrogen-bond acceptors (Lipinski definition) is 2. The first kappa shape index (κ1) is 13.2. The normalized spacial score (nSPS) is 27.8. The van der Waals surface area contributed by atoms with Crippen LogP contribution in [-0.4, -0.2) is 22.4 Å². The Morgan fingerprint density at radius 1 is 1.19 bits per heavy atom. The maximum Gasteiger partial charge on any atom is 0.244 e. The van der Waals surface area contributed by atoms with Gasteiger partial charge in [0.05, 0.1) is 0 Å². The van der Waals surface area contributed by atoms with Crippen LogP contribution in [0, 0.1) is 11.6 Å². The molecule has 2 aliphatic carbocycles. The van der Waals surface area contributed by atoms with E-state index in [0.29, 0.717) is 5.56 Å². The van der Waals surface area contributed by atoms with Crippen LogP contribution in [0.15, 0.2) is 18.2 Å². The predicted molar refractivity (Wildman–Crippen MR) is 73.3 cm³/mol. The van der Waals surface area contributed by atoms with E-state index in [1.54, 1.807) is 0 Å². The first-order valence-electron chi connectivity index (χ1n) is 7.66. The lowest BCUT2D eigenvalue weighted by Crippen LogP contribution is -2.39. The summed E-state index contributed by atoms with van der Waals surface area (Å²) < 4.78 is 27.3. The molecule has 112 valence electrons. The highest BCUT2D eigenvalue weighted by molar-refractivity contribution is 5.92. The smallest absolute Gasteiger partial charge is 0.244 e. The Labute approximate surface area is 122 Å². The summed E-state index contributed by atoms with van der Waals surface area (Å²) in [6, 6.07) is 3.79. The van der Waals surface area contributed by atoms with E-state index < -0.39 is 23.3 Å². The summed E-state index contributed by atoms with van der Waals surface area (Å²) in [6.45, 7) is 0. The molecule has 2 saturated carbocycles. The first-order chi connectivity index (χ1) is 10.1. The van der Waals surface area contributed by atoms with Gasteiger partial charge in [-0.15, -0.1) is 0 Å². The molecule has 21 heavy (non-hydrogen) atoms. The molecule has 3 aliphatic rings. The molecule has 3 nitrogen and oxygen atoms in total. The van der Waals surface area contributed by atoms with Gasteiger partial charge in [0.15, 0.2) is 0 Å². The topological polar surface area (TPSA) is 32.3 Å². The molecule has 4 rings (SSSR count). The molecule has 1 aliphatic heterocycles. The predicted octanol–water partition coefficient (Wildman–Crippen LogP) is 2.87. The van der Waals surface area contributed by atoms with Crippen molar-refractivity contribution in [2.24, 2.45) is 0 Å². The van der Waals surface area contributed by atoms with Crippen molar-refractivity contribution in [2.75, 3.05) is 0 Å². The number of nitrogens with one attached hydrogen (secondary N) is 1. The maximum absolute atomic E-state index is 14.1. The molecule has 1 heterocycles. The van der Waals surface area contributed by atoms with Crippen molar-refractivity contribution < 1.29 is 13.6 Å². The third-order valence-electron chi connectivity index (χ3n) is 5.06. The fourth-order valence-corrected chi connectivity index (χ4v) is 3.75. The number of hydrogen-bond donors (Lipinski definition) is 1. The van der Waals surface area contributed by atoms with Gasteiger partial charge in [0.25, 0.3) is 0 Å². The van der Waals surface area contributed by atoms with E-state index in [9.17, 15) is 13.6 Å². The van der Waals surface area contributed by atoms with E-state index in [0.717, 1.165) is 44.6 Å². The van der Waals surface area contributed by atoms with Crippen LogP contribution in [0.5, 0.6) is 0 Å². The zero-order valence-corrected chi connectivity index (χ0v) is 11.7. The van der Waals surface area contributed by atoms with Gasteiger partial charge in [-0.1, -0.05) is 12.8 Å². The zero-order chi connectivity index (χ0) is 14.6. The number of rotatable bonds is 2. The van der Waals surface area contributed by atoms with E-state index in [2.05, 4.69) is 5.32 Å². The van der Waals surface area contributed by atoms with Gasteiger partial charge in [0.1, 0.15) is 23.3 Å². The lowest BCUT2D eigenvalue weighted by Gasteiger charge is -2.30. The number of benzene rings is 1. The van der Waals surface area contributed by atoms with E-state index in [4.69, 9.17) is 0 Å². The van der Waals surface area contributed by atoms with Gasteiger partial charge in [0, 0.05) is 17.7 Å². The van der Waals surface area contributed by atoms with Crippen LogP contribution in [0.3, 0.4) is 0 Å². The molecule has 1 amide bonds. The summed E-state index contributed by atoms with van der Waals surface area (Å²) in [4.78, 5) is 14.5. The largest absolute Gasteiger partial charge is 0.318 e. The third kappa shape index (κ3) is 1.98. The van der Waals surface area contributed by atoms with Gasteiger partial charge < -0.3 is 4.90 Å². The van der Waals surface area contributed by atoms with Crippen molar-refractivity contribution in [1.29, 1.82) is 0 Å². The average molecular weight is 292 g/mol. The highest BCUT2D eigenvalue weighted by Crippen LogP contribution is 2.48. The molecule has 1 unspecified atom stereocenters. The Morgan fingerprint density at radius 2 is 1.90 bits per heavy atom. The van der Waals surface area contributed by atoms with Crippen LogP contribution in [0.4, 0.5) is 8.78 Å². The lowest BCUT2D eigenvalue weighted by atomic mass is 10.1. The van der Waals surface area contributed by atoms with E-state index >= 15 is 0 Å². The van der Waals surface area contributed by atoms with Gasteiger partial charge in [-0.3, -0.25) is 10.1 Å². The molecule has 1 spiro atoms. The van der Waals surface area contributed by atoms with Crippen molar-refractivity contribution in [3.8, 4) is 0 Å². The van der Waals surface area contributed by atoms with Gasteiger partial charge in [-0.25, -0.2) is 8.78 Å². The Kier molecular flexibility index (Phi) is 2.83. The third-order valence-corrected chi connectivity index (χ3v) is 5.06. The zero-order valence-electron chi connectivity index (χ0n) is 11.7. The molecule has 3 fully saturated rings. The Morgan fingerprint density at radius 3 is 2.52 bits per heavy atom. The molecular formula is C16H18F2N2O. The highest BCUT2D eigenvalue weighted by atomic mass is 19.1. The van der Waals surface area contributed by atoms with Crippen molar-refractivity contribution in [3.05, 3.63) is 35.4 Å². The van der Waals surface area contributed by atoms with Crippen LogP contribution in [0.1, 0.15) is 50.3 Å². The molecule has 5 heteroatoms. The maximum atomic E-state index is 14.1. The van der Waals surface area contributed by atoms with Crippen molar-refractivity contribution in [1.82, 2.24) is 10.2 Å². The monoisotopic (exact) mass is 292 g/mol. The van der Waals surface area contributed by atoms with Crippen molar-refractivity contribution >= 4 is 5.91 Å². The summed E-state index contributed by atoms with van der Waals surface area (Å²) in [5.74, 6) is -1.07. The Hall–Kier alpha value is -1.49. The minimum Gasteiger partial charge on any atom is -0.318 e.